The summed E-state index contributed by atoms with van der Waals surface area (Å²) in [5, 5.41) is 0. The normalized spacial score (nSPS) is 34.8. The van der Waals surface area contributed by atoms with Gasteiger partial charge in [0.05, 0.1) is 55.9 Å². The Morgan fingerprint density at radius 2 is 1.35 bits per heavy atom. The second kappa shape index (κ2) is 7.70. The number of rotatable bonds is 4. The van der Waals surface area contributed by atoms with Crippen molar-refractivity contribution in [2.75, 3.05) is 51.1 Å². The molecular formula is C14H24O4S2. The molecule has 3 saturated heterocycles. The molecule has 0 radical (unpaired) electrons. The lowest BCUT2D eigenvalue weighted by Gasteiger charge is -2.41. The SMILES string of the molecule is C1CSC(C[C@H]2COCCO2)(C[C@H]2COCCO2)SC1. The van der Waals surface area contributed by atoms with Crippen LogP contribution < -0.4 is 0 Å². The predicted octanol–water partition coefficient (Wildman–Crippen LogP) is 2.16. The molecule has 0 N–H and O–H groups in total. The summed E-state index contributed by atoms with van der Waals surface area (Å²) in [5.41, 5.74) is 0. The summed E-state index contributed by atoms with van der Waals surface area (Å²) >= 11 is 4.18. The van der Waals surface area contributed by atoms with Gasteiger partial charge < -0.3 is 18.9 Å². The molecule has 0 bridgehead atoms. The van der Waals surface area contributed by atoms with Crippen LogP contribution in [0.1, 0.15) is 19.3 Å². The number of thioether (sulfide) groups is 2. The highest BCUT2D eigenvalue weighted by Crippen LogP contribution is 2.49. The zero-order valence-corrected chi connectivity index (χ0v) is 13.5. The Kier molecular flexibility index (Phi) is 5.94. The predicted molar refractivity (Wildman–Crippen MR) is 82.6 cm³/mol. The van der Waals surface area contributed by atoms with Crippen LogP contribution in [0.3, 0.4) is 0 Å². The smallest absolute Gasteiger partial charge is 0.0831 e. The quantitative estimate of drug-likeness (QED) is 0.790. The van der Waals surface area contributed by atoms with Gasteiger partial charge in [0.1, 0.15) is 0 Å². The van der Waals surface area contributed by atoms with E-state index >= 15 is 0 Å². The van der Waals surface area contributed by atoms with Gasteiger partial charge in [-0.25, -0.2) is 0 Å². The Balaban J connectivity index is 1.60. The molecule has 3 fully saturated rings. The average molecular weight is 320 g/mol. The molecule has 0 aromatic heterocycles. The van der Waals surface area contributed by atoms with Crippen molar-refractivity contribution in [2.24, 2.45) is 0 Å². The first-order chi connectivity index (χ1) is 9.86. The van der Waals surface area contributed by atoms with Gasteiger partial charge in [-0.1, -0.05) is 0 Å². The van der Waals surface area contributed by atoms with Crippen molar-refractivity contribution in [1.82, 2.24) is 0 Å². The molecule has 0 unspecified atom stereocenters. The fourth-order valence-electron chi connectivity index (χ4n) is 2.94. The lowest BCUT2D eigenvalue weighted by molar-refractivity contribution is -0.103. The van der Waals surface area contributed by atoms with Crippen molar-refractivity contribution >= 4 is 23.5 Å². The van der Waals surface area contributed by atoms with Gasteiger partial charge in [-0.3, -0.25) is 0 Å². The minimum atomic E-state index is 0.217. The summed E-state index contributed by atoms with van der Waals surface area (Å²) in [6, 6.07) is 0. The van der Waals surface area contributed by atoms with Gasteiger partial charge in [-0.15, -0.1) is 23.5 Å². The van der Waals surface area contributed by atoms with Gasteiger partial charge in [-0.05, 0) is 30.8 Å². The van der Waals surface area contributed by atoms with Crippen LogP contribution in [-0.2, 0) is 18.9 Å². The van der Waals surface area contributed by atoms with Crippen molar-refractivity contribution in [3.05, 3.63) is 0 Å². The first kappa shape index (κ1) is 15.4. The average Bonchev–Trinajstić information content (AvgIpc) is 2.50. The molecule has 6 heteroatoms. The van der Waals surface area contributed by atoms with Crippen LogP contribution in [0.5, 0.6) is 0 Å². The van der Waals surface area contributed by atoms with Crippen LogP contribution in [-0.4, -0.2) is 67.4 Å². The van der Waals surface area contributed by atoms with Gasteiger partial charge in [0.2, 0.25) is 0 Å². The Morgan fingerprint density at radius 3 is 1.80 bits per heavy atom. The maximum Gasteiger partial charge on any atom is 0.0831 e. The van der Waals surface area contributed by atoms with E-state index in [1.54, 1.807) is 0 Å². The van der Waals surface area contributed by atoms with E-state index in [0.717, 1.165) is 52.5 Å². The Morgan fingerprint density at radius 1 is 0.800 bits per heavy atom. The van der Waals surface area contributed by atoms with E-state index in [2.05, 4.69) is 23.5 Å². The molecule has 0 spiro atoms. The van der Waals surface area contributed by atoms with Crippen LogP contribution in [0.25, 0.3) is 0 Å². The van der Waals surface area contributed by atoms with Gasteiger partial charge in [0.25, 0.3) is 0 Å². The molecule has 20 heavy (non-hydrogen) atoms. The molecule has 3 aliphatic rings. The van der Waals surface area contributed by atoms with Crippen LogP contribution in [0.2, 0.25) is 0 Å². The topological polar surface area (TPSA) is 36.9 Å². The highest BCUT2D eigenvalue weighted by atomic mass is 32.2. The number of hydrogen-bond acceptors (Lipinski definition) is 6. The van der Waals surface area contributed by atoms with E-state index in [1.807, 2.05) is 0 Å². The van der Waals surface area contributed by atoms with Gasteiger partial charge in [0.15, 0.2) is 0 Å². The third-order valence-corrected chi connectivity index (χ3v) is 7.28. The molecule has 0 aromatic carbocycles. The van der Waals surface area contributed by atoms with E-state index in [9.17, 15) is 0 Å². The highest BCUT2D eigenvalue weighted by molar-refractivity contribution is 8.18. The first-order valence-electron chi connectivity index (χ1n) is 7.53. The molecule has 3 aliphatic heterocycles. The lowest BCUT2D eigenvalue weighted by Crippen LogP contribution is -2.41. The summed E-state index contributed by atoms with van der Waals surface area (Å²) < 4.78 is 23.1. The fourth-order valence-corrected chi connectivity index (χ4v) is 6.49. The molecular weight excluding hydrogens is 296 g/mol. The Labute approximate surface area is 129 Å². The van der Waals surface area contributed by atoms with Crippen LogP contribution in [0, 0.1) is 0 Å². The molecule has 116 valence electrons. The highest BCUT2D eigenvalue weighted by Gasteiger charge is 2.40. The summed E-state index contributed by atoms with van der Waals surface area (Å²) in [6.45, 7) is 4.43. The third kappa shape index (κ3) is 4.27. The van der Waals surface area contributed by atoms with Crippen LogP contribution >= 0.6 is 23.5 Å². The molecule has 0 aliphatic carbocycles. The van der Waals surface area contributed by atoms with Gasteiger partial charge in [-0.2, -0.15) is 0 Å². The molecule has 3 rings (SSSR count). The second-order valence-electron chi connectivity index (χ2n) is 5.50. The lowest BCUT2D eigenvalue weighted by atomic mass is 10.1. The zero-order chi connectivity index (χ0) is 13.7. The van der Waals surface area contributed by atoms with Crippen molar-refractivity contribution in [3.8, 4) is 0 Å². The second-order valence-corrected chi connectivity index (χ2v) is 8.72. The Bertz CT molecular complexity index is 263. The molecule has 2 atom stereocenters. The van der Waals surface area contributed by atoms with E-state index in [4.69, 9.17) is 18.9 Å². The van der Waals surface area contributed by atoms with E-state index in [1.165, 1.54) is 17.9 Å². The summed E-state index contributed by atoms with van der Waals surface area (Å²) in [5.74, 6) is 2.49. The number of ether oxygens (including phenoxy) is 4. The van der Waals surface area contributed by atoms with Crippen LogP contribution in [0.15, 0.2) is 0 Å². The molecule has 0 amide bonds. The van der Waals surface area contributed by atoms with Crippen molar-refractivity contribution in [1.29, 1.82) is 0 Å². The van der Waals surface area contributed by atoms with Gasteiger partial charge >= 0.3 is 0 Å². The maximum absolute atomic E-state index is 5.87. The van der Waals surface area contributed by atoms with Crippen LogP contribution in [0.4, 0.5) is 0 Å². The van der Waals surface area contributed by atoms with Crippen molar-refractivity contribution in [3.63, 3.8) is 0 Å². The molecule has 0 aromatic rings. The standard InChI is InChI=1S/C14H24O4S2/c1-6-19-14(20-7-1,8-12-10-15-2-4-17-12)9-13-11-16-3-5-18-13/h12-13H,1-11H2/t12-,13-/m0/s1. The summed E-state index contributed by atoms with van der Waals surface area (Å²) in [7, 11) is 0. The van der Waals surface area contributed by atoms with E-state index in [0.29, 0.717) is 0 Å². The minimum Gasteiger partial charge on any atom is -0.376 e. The van der Waals surface area contributed by atoms with Crippen molar-refractivity contribution < 1.29 is 18.9 Å². The zero-order valence-electron chi connectivity index (χ0n) is 11.9. The van der Waals surface area contributed by atoms with Crippen molar-refractivity contribution in [2.45, 2.75) is 35.5 Å². The maximum atomic E-state index is 5.87. The largest absolute Gasteiger partial charge is 0.376 e. The van der Waals surface area contributed by atoms with E-state index in [-0.39, 0.29) is 16.3 Å². The van der Waals surface area contributed by atoms with Gasteiger partial charge in [0, 0.05) is 0 Å². The number of hydrogen-bond donors (Lipinski definition) is 0. The fraction of sp³-hybridized carbons (Fsp3) is 1.00. The first-order valence-corrected chi connectivity index (χ1v) is 9.50. The molecule has 0 saturated carbocycles. The monoisotopic (exact) mass is 320 g/mol. The van der Waals surface area contributed by atoms with E-state index < -0.39 is 0 Å². The molecule has 4 nitrogen and oxygen atoms in total. The summed E-state index contributed by atoms with van der Waals surface area (Å²) in [6.07, 6.45) is 3.91. The Hall–Kier alpha value is 0.540. The minimum absolute atomic E-state index is 0.217. The molecule has 3 heterocycles. The third-order valence-electron chi connectivity index (χ3n) is 3.87. The summed E-state index contributed by atoms with van der Waals surface area (Å²) in [4.78, 5) is 0.